The van der Waals surface area contributed by atoms with Crippen molar-refractivity contribution in [2.45, 2.75) is 19.4 Å². The lowest BCUT2D eigenvalue weighted by Crippen LogP contribution is -2.40. The van der Waals surface area contributed by atoms with E-state index in [9.17, 15) is 4.79 Å². The number of hydrogen-bond donors (Lipinski definition) is 2. The van der Waals surface area contributed by atoms with E-state index in [0.717, 1.165) is 4.48 Å². The first kappa shape index (κ1) is 10.7. The molecule has 1 atom stereocenters. The van der Waals surface area contributed by atoms with Crippen LogP contribution in [-0.4, -0.2) is 18.5 Å². The molecule has 0 fully saturated rings. The molecule has 0 bridgehead atoms. The van der Waals surface area contributed by atoms with Crippen molar-refractivity contribution in [2.75, 3.05) is 6.54 Å². The van der Waals surface area contributed by atoms with E-state index in [2.05, 4.69) is 27.8 Å². The molecule has 0 aromatic rings. The molecule has 0 saturated carbocycles. The molecule has 0 aliphatic heterocycles. The lowest BCUT2D eigenvalue weighted by atomic mass is 10.2. The standard InChI is InChI=1S/C7H13BrN2O/c1-3-6(9)7(11)10-4-5(2)8/h6H,2-4,9H2,1H3,(H,10,11)/t6-/m0/s1. The molecular formula is C7H13BrN2O. The lowest BCUT2D eigenvalue weighted by Gasteiger charge is -2.08. The van der Waals surface area contributed by atoms with E-state index < -0.39 is 6.04 Å². The number of nitrogens with two attached hydrogens (primary N) is 1. The van der Waals surface area contributed by atoms with Crippen molar-refractivity contribution in [3.8, 4) is 0 Å². The van der Waals surface area contributed by atoms with Gasteiger partial charge < -0.3 is 11.1 Å². The Balaban J connectivity index is 3.60. The van der Waals surface area contributed by atoms with Gasteiger partial charge in [0, 0.05) is 11.0 Å². The number of amides is 1. The smallest absolute Gasteiger partial charge is 0.237 e. The van der Waals surface area contributed by atoms with Crippen molar-refractivity contribution < 1.29 is 4.79 Å². The summed E-state index contributed by atoms with van der Waals surface area (Å²) in [6.07, 6.45) is 0.653. The Morgan fingerprint density at radius 1 is 1.82 bits per heavy atom. The predicted octanol–water partition coefficient (Wildman–Crippen LogP) is 0.748. The van der Waals surface area contributed by atoms with Gasteiger partial charge in [0.05, 0.1) is 6.04 Å². The van der Waals surface area contributed by atoms with Crippen LogP contribution in [0.5, 0.6) is 0 Å². The summed E-state index contributed by atoms with van der Waals surface area (Å²) in [4.78, 5) is 11.0. The molecule has 11 heavy (non-hydrogen) atoms. The molecule has 0 heterocycles. The number of hydrogen-bond acceptors (Lipinski definition) is 2. The van der Waals surface area contributed by atoms with Crippen LogP contribution < -0.4 is 11.1 Å². The van der Waals surface area contributed by atoms with E-state index in [1.54, 1.807) is 0 Å². The van der Waals surface area contributed by atoms with Crippen LogP contribution in [0.1, 0.15) is 13.3 Å². The van der Waals surface area contributed by atoms with Gasteiger partial charge in [0.2, 0.25) is 5.91 Å². The van der Waals surface area contributed by atoms with E-state index in [0.29, 0.717) is 13.0 Å². The molecule has 4 heteroatoms. The van der Waals surface area contributed by atoms with Crippen molar-refractivity contribution in [3.63, 3.8) is 0 Å². The van der Waals surface area contributed by atoms with E-state index in [1.807, 2.05) is 6.92 Å². The quantitative estimate of drug-likeness (QED) is 0.735. The van der Waals surface area contributed by atoms with Crippen molar-refractivity contribution in [1.29, 1.82) is 0 Å². The third-order valence-corrected chi connectivity index (χ3v) is 1.51. The Hall–Kier alpha value is -0.350. The van der Waals surface area contributed by atoms with Crippen LogP contribution in [0.4, 0.5) is 0 Å². The molecule has 3 N–H and O–H groups in total. The summed E-state index contributed by atoms with van der Waals surface area (Å²) in [6, 6.07) is -0.401. The van der Waals surface area contributed by atoms with Crippen LogP contribution in [-0.2, 0) is 4.79 Å². The Bertz CT molecular complexity index is 159. The number of rotatable bonds is 4. The van der Waals surface area contributed by atoms with Crippen molar-refractivity contribution in [3.05, 3.63) is 11.1 Å². The lowest BCUT2D eigenvalue weighted by molar-refractivity contribution is -0.122. The SMILES string of the molecule is C=C(Br)CNC(=O)[C@@H](N)CC. The van der Waals surface area contributed by atoms with Gasteiger partial charge in [-0.3, -0.25) is 4.79 Å². The molecule has 0 spiro atoms. The molecular weight excluding hydrogens is 208 g/mol. The Kier molecular flexibility index (Phi) is 5.15. The maximum atomic E-state index is 11.0. The summed E-state index contributed by atoms with van der Waals surface area (Å²) in [5.74, 6) is -0.131. The van der Waals surface area contributed by atoms with E-state index >= 15 is 0 Å². The van der Waals surface area contributed by atoms with Gasteiger partial charge in [-0.2, -0.15) is 0 Å². The molecule has 3 nitrogen and oxygen atoms in total. The monoisotopic (exact) mass is 220 g/mol. The fraction of sp³-hybridized carbons (Fsp3) is 0.571. The van der Waals surface area contributed by atoms with Gasteiger partial charge in [0.25, 0.3) is 0 Å². The second kappa shape index (κ2) is 5.32. The Morgan fingerprint density at radius 2 is 2.36 bits per heavy atom. The average Bonchev–Trinajstić information content (AvgIpc) is 1.98. The first-order chi connectivity index (χ1) is 5.07. The maximum Gasteiger partial charge on any atom is 0.237 e. The summed E-state index contributed by atoms with van der Waals surface area (Å²) < 4.78 is 0.745. The fourth-order valence-corrected chi connectivity index (χ4v) is 0.640. The van der Waals surface area contributed by atoms with Gasteiger partial charge in [0.1, 0.15) is 0 Å². The summed E-state index contributed by atoms with van der Waals surface area (Å²) in [5.41, 5.74) is 5.45. The van der Waals surface area contributed by atoms with Crippen LogP contribution >= 0.6 is 15.9 Å². The highest BCUT2D eigenvalue weighted by Gasteiger charge is 2.08. The van der Waals surface area contributed by atoms with Crippen LogP contribution in [0.25, 0.3) is 0 Å². The van der Waals surface area contributed by atoms with Gasteiger partial charge in [0.15, 0.2) is 0 Å². The molecule has 0 unspecified atom stereocenters. The van der Waals surface area contributed by atoms with Gasteiger partial charge >= 0.3 is 0 Å². The average molecular weight is 221 g/mol. The zero-order valence-corrected chi connectivity index (χ0v) is 8.15. The van der Waals surface area contributed by atoms with Gasteiger partial charge in [-0.25, -0.2) is 0 Å². The predicted molar refractivity (Wildman–Crippen MR) is 49.3 cm³/mol. The van der Waals surface area contributed by atoms with Gasteiger partial charge in [-0.15, -0.1) is 0 Å². The Labute approximate surface area is 75.2 Å². The molecule has 1 amide bonds. The molecule has 64 valence electrons. The van der Waals surface area contributed by atoms with E-state index in [1.165, 1.54) is 0 Å². The van der Waals surface area contributed by atoms with Gasteiger partial charge in [-0.05, 0) is 6.42 Å². The first-order valence-electron chi connectivity index (χ1n) is 3.44. The molecule has 0 radical (unpaired) electrons. The Morgan fingerprint density at radius 3 is 2.73 bits per heavy atom. The van der Waals surface area contributed by atoms with Crippen LogP contribution in [0.15, 0.2) is 11.1 Å². The van der Waals surface area contributed by atoms with Crippen molar-refractivity contribution in [1.82, 2.24) is 5.32 Å². The number of halogens is 1. The molecule has 0 rings (SSSR count). The zero-order valence-electron chi connectivity index (χ0n) is 6.56. The molecule has 0 aliphatic carbocycles. The normalized spacial score (nSPS) is 12.3. The highest BCUT2D eigenvalue weighted by atomic mass is 79.9. The minimum atomic E-state index is -0.401. The summed E-state index contributed by atoms with van der Waals surface area (Å²) in [7, 11) is 0. The second-order valence-corrected chi connectivity index (χ2v) is 3.37. The van der Waals surface area contributed by atoms with Crippen molar-refractivity contribution in [2.24, 2.45) is 5.73 Å². The molecule has 0 aliphatic rings. The summed E-state index contributed by atoms with van der Waals surface area (Å²) in [6.45, 7) is 5.88. The maximum absolute atomic E-state index is 11.0. The second-order valence-electron chi connectivity index (χ2n) is 2.25. The van der Waals surface area contributed by atoms with E-state index in [-0.39, 0.29) is 5.91 Å². The third kappa shape index (κ3) is 4.98. The number of carbonyl (C=O) groups excluding carboxylic acids is 1. The minimum Gasteiger partial charge on any atom is -0.350 e. The largest absolute Gasteiger partial charge is 0.350 e. The summed E-state index contributed by atoms with van der Waals surface area (Å²) >= 11 is 3.12. The highest BCUT2D eigenvalue weighted by Crippen LogP contribution is 1.97. The topological polar surface area (TPSA) is 55.1 Å². The van der Waals surface area contributed by atoms with Crippen molar-refractivity contribution >= 4 is 21.8 Å². The van der Waals surface area contributed by atoms with Crippen LogP contribution in [0.2, 0.25) is 0 Å². The van der Waals surface area contributed by atoms with Crippen LogP contribution in [0.3, 0.4) is 0 Å². The third-order valence-electron chi connectivity index (χ3n) is 1.23. The molecule has 0 aromatic carbocycles. The first-order valence-corrected chi connectivity index (χ1v) is 4.23. The minimum absolute atomic E-state index is 0.131. The zero-order chi connectivity index (χ0) is 8.85. The molecule has 0 saturated heterocycles. The number of carbonyl (C=O) groups is 1. The van der Waals surface area contributed by atoms with Gasteiger partial charge in [-0.1, -0.05) is 29.4 Å². The molecule has 0 aromatic heterocycles. The van der Waals surface area contributed by atoms with E-state index in [4.69, 9.17) is 5.73 Å². The van der Waals surface area contributed by atoms with Crippen LogP contribution in [0, 0.1) is 0 Å². The summed E-state index contributed by atoms with van der Waals surface area (Å²) in [5, 5.41) is 2.62. The fourth-order valence-electron chi connectivity index (χ4n) is 0.500. The highest BCUT2D eigenvalue weighted by molar-refractivity contribution is 9.11. The number of nitrogens with one attached hydrogen (secondary N) is 1.